The minimum absolute atomic E-state index is 0.134. The molecule has 16 heavy (non-hydrogen) atoms. The van der Waals surface area contributed by atoms with Crippen LogP contribution in [-0.2, 0) is 0 Å². The predicted molar refractivity (Wildman–Crippen MR) is 59.7 cm³/mol. The summed E-state index contributed by atoms with van der Waals surface area (Å²) in [7, 11) is 0. The van der Waals surface area contributed by atoms with Crippen LogP contribution in [0, 0.1) is 0 Å². The van der Waals surface area contributed by atoms with E-state index in [-0.39, 0.29) is 6.61 Å². The maximum Gasteiger partial charge on any atom is 0.241 e. The van der Waals surface area contributed by atoms with Crippen molar-refractivity contribution in [1.82, 2.24) is 20.2 Å². The molecule has 0 atom stereocenters. The Morgan fingerprint density at radius 1 is 1.44 bits per heavy atom. The summed E-state index contributed by atoms with van der Waals surface area (Å²) in [6.07, 6.45) is 2.28. The average Bonchev–Trinajstić information content (AvgIpc) is 2.77. The van der Waals surface area contributed by atoms with Crippen LogP contribution < -0.4 is 16.6 Å². The second-order valence-electron chi connectivity index (χ2n) is 3.18. The number of nitrogens with two attached hydrogens (primary N) is 1. The van der Waals surface area contributed by atoms with Crippen LogP contribution in [0.3, 0.4) is 0 Å². The standard InChI is InChI=1S/C8H13N7O/c9-14-8-12-6(10-2-1-3-16)5-4-11-15-7(5)13-8/h4,16H,1-3,9H2,(H3,10,11,12,13,14,15). The van der Waals surface area contributed by atoms with E-state index in [2.05, 4.69) is 30.9 Å². The number of rotatable bonds is 5. The van der Waals surface area contributed by atoms with E-state index in [1.807, 2.05) is 0 Å². The predicted octanol–water partition coefficient (Wildman–Crippen LogP) is -0.567. The minimum atomic E-state index is 0.134. The maximum absolute atomic E-state index is 8.69. The van der Waals surface area contributed by atoms with Gasteiger partial charge in [-0.2, -0.15) is 15.1 Å². The van der Waals surface area contributed by atoms with E-state index in [1.165, 1.54) is 0 Å². The lowest BCUT2D eigenvalue weighted by atomic mass is 10.3. The van der Waals surface area contributed by atoms with E-state index in [4.69, 9.17) is 10.9 Å². The Morgan fingerprint density at radius 3 is 3.06 bits per heavy atom. The molecular formula is C8H13N7O. The number of nitrogens with zero attached hydrogens (tertiary/aromatic N) is 3. The monoisotopic (exact) mass is 223 g/mol. The summed E-state index contributed by atoms with van der Waals surface area (Å²) in [6.45, 7) is 0.756. The first-order chi connectivity index (χ1) is 7.85. The first-order valence-corrected chi connectivity index (χ1v) is 4.87. The van der Waals surface area contributed by atoms with Gasteiger partial charge in [0.25, 0.3) is 0 Å². The second-order valence-corrected chi connectivity index (χ2v) is 3.18. The highest BCUT2D eigenvalue weighted by molar-refractivity contribution is 5.86. The Hall–Kier alpha value is -1.93. The van der Waals surface area contributed by atoms with Crippen LogP contribution in [0.2, 0.25) is 0 Å². The van der Waals surface area contributed by atoms with Crippen LogP contribution in [0.1, 0.15) is 6.42 Å². The molecule has 6 N–H and O–H groups in total. The van der Waals surface area contributed by atoms with Gasteiger partial charge in [0.15, 0.2) is 5.65 Å². The molecule has 0 bridgehead atoms. The number of aromatic amines is 1. The quantitative estimate of drug-likeness (QED) is 0.261. The van der Waals surface area contributed by atoms with Crippen LogP contribution in [0.4, 0.5) is 11.8 Å². The second kappa shape index (κ2) is 4.73. The van der Waals surface area contributed by atoms with Crippen molar-refractivity contribution < 1.29 is 5.11 Å². The summed E-state index contributed by atoms with van der Waals surface area (Å²) in [5.74, 6) is 6.20. The lowest BCUT2D eigenvalue weighted by molar-refractivity contribution is 0.292. The average molecular weight is 223 g/mol. The molecule has 86 valence electrons. The molecule has 0 fully saturated rings. The Bertz CT molecular complexity index is 468. The number of hydrogen-bond acceptors (Lipinski definition) is 7. The third kappa shape index (κ3) is 2.02. The molecule has 2 heterocycles. The van der Waals surface area contributed by atoms with Gasteiger partial charge in [-0.3, -0.25) is 10.5 Å². The van der Waals surface area contributed by atoms with Crippen LogP contribution >= 0.6 is 0 Å². The number of aromatic nitrogens is 4. The van der Waals surface area contributed by atoms with Gasteiger partial charge >= 0.3 is 0 Å². The molecule has 0 saturated carbocycles. The number of nitrogens with one attached hydrogen (secondary N) is 3. The highest BCUT2D eigenvalue weighted by Crippen LogP contribution is 2.19. The number of fused-ring (bicyclic) bond motifs is 1. The summed E-state index contributed by atoms with van der Waals surface area (Å²) in [4.78, 5) is 8.25. The molecule has 0 radical (unpaired) electrons. The number of aliphatic hydroxyl groups excluding tert-OH is 1. The molecule has 0 aliphatic rings. The molecule has 0 aromatic carbocycles. The fourth-order valence-electron chi connectivity index (χ4n) is 1.32. The first kappa shape index (κ1) is 10.6. The van der Waals surface area contributed by atoms with Gasteiger partial charge in [-0.1, -0.05) is 0 Å². The van der Waals surface area contributed by atoms with Crippen molar-refractivity contribution in [2.75, 3.05) is 23.9 Å². The van der Waals surface area contributed by atoms with Crippen molar-refractivity contribution in [3.8, 4) is 0 Å². The van der Waals surface area contributed by atoms with Gasteiger partial charge in [-0.25, -0.2) is 5.84 Å². The van der Waals surface area contributed by atoms with Crippen LogP contribution in [-0.4, -0.2) is 38.4 Å². The van der Waals surface area contributed by atoms with Gasteiger partial charge in [0, 0.05) is 13.2 Å². The molecule has 8 nitrogen and oxygen atoms in total. The largest absolute Gasteiger partial charge is 0.396 e. The van der Waals surface area contributed by atoms with E-state index < -0.39 is 0 Å². The fraction of sp³-hybridized carbons (Fsp3) is 0.375. The van der Waals surface area contributed by atoms with E-state index in [1.54, 1.807) is 6.20 Å². The van der Waals surface area contributed by atoms with Crippen molar-refractivity contribution in [1.29, 1.82) is 0 Å². The summed E-state index contributed by atoms with van der Waals surface area (Å²) in [5, 5.41) is 19.2. The highest BCUT2D eigenvalue weighted by Gasteiger charge is 2.07. The van der Waals surface area contributed by atoms with Gasteiger partial charge in [0.1, 0.15) is 5.82 Å². The minimum Gasteiger partial charge on any atom is -0.396 e. The molecule has 8 heteroatoms. The van der Waals surface area contributed by atoms with Crippen LogP contribution in [0.15, 0.2) is 6.20 Å². The van der Waals surface area contributed by atoms with Crippen molar-refractivity contribution in [2.45, 2.75) is 6.42 Å². The van der Waals surface area contributed by atoms with Gasteiger partial charge in [-0.15, -0.1) is 0 Å². The molecule has 0 spiro atoms. The molecule has 2 rings (SSSR count). The number of hydrogen-bond donors (Lipinski definition) is 5. The number of nitrogen functional groups attached to an aromatic ring is 1. The molecule has 0 unspecified atom stereocenters. The molecular weight excluding hydrogens is 210 g/mol. The summed E-state index contributed by atoms with van der Waals surface area (Å²) >= 11 is 0. The third-order valence-corrected chi connectivity index (χ3v) is 2.07. The van der Waals surface area contributed by atoms with E-state index >= 15 is 0 Å². The van der Waals surface area contributed by atoms with E-state index in [0.717, 1.165) is 5.39 Å². The van der Waals surface area contributed by atoms with Gasteiger partial charge in [0.05, 0.1) is 11.6 Å². The molecule has 2 aromatic heterocycles. The highest BCUT2D eigenvalue weighted by atomic mass is 16.3. The topological polar surface area (TPSA) is 125 Å². The number of hydrazine groups is 1. The van der Waals surface area contributed by atoms with Gasteiger partial charge < -0.3 is 10.4 Å². The molecule has 0 amide bonds. The first-order valence-electron chi connectivity index (χ1n) is 4.87. The zero-order valence-corrected chi connectivity index (χ0v) is 8.56. The molecule has 0 aliphatic heterocycles. The summed E-state index contributed by atoms with van der Waals surface area (Å²) in [5.41, 5.74) is 2.99. The number of anilines is 2. The SMILES string of the molecule is NNc1nc(NCCCO)c2cn[nH]c2n1. The summed E-state index contributed by atoms with van der Waals surface area (Å²) in [6, 6.07) is 0. The Kier molecular flexibility index (Phi) is 3.13. The smallest absolute Gasteiger partial charge is 0.241 e. The van der Waals surface area contributed by atoms with Gasteiger partial charge in [-0.05, 0) is 6.42 Å². The Balaban J connectivity index is 2.29. The van der Waals surface area contributed by atoms with Gasteiger partial charge in [0.2, 0.25) is 5.95 Å². The molecule has 0 saturated heterocycles. The lowest BCUT2D eigenvalue weighted by Crippen LogP contribution is -2.13. The Labute approximate surface area is 91.2 Å². The Morgan fingerprint density at radius 2 is 2.31 bits per heavy atom. The van der Waals surface area contributed by atoms with Crippen LogP contribution in [0.25, 0.3) is 11.0 Å². The zero-order valence-electron chi connectivity index (χ0n) is 8.56. The molecule has 0 aliphatic carbocycles. The van der Waals surface area contributed by atoms with Crippen molar-refractivity contribution in [3.05, 3.63) is 6.20 Å². The van der Waals surface area contributed by atoms with E-state index in [9.17, 15) is 0 Å². The number of aliphatic hydroxyl groups is 1. The van der Waals surface area contributed by atoms with Crippen molar-refractivity contribution >= 4 is 22.8 Å². The number of H-pyrrole nitrogens is 1. The summed E-state index contributed by atoms with van der Waals surface area (Å²) < 4.78 is 0. The maximum atomic E-state index is 8.69. The third-order valence-electron chi connectivity index (χ3n) is 2.07. The van der Waals surface area contributed by atoms with Crippen molar-refractivity contribution in [2.24, 2.45) is 5.84 Å². The molecule has 2 aromatic rings. The lowest BCUT2D eigenvalue weighted by Gasteiger charge is -2.06. The normalized spacial score (nSPS) is 10.6. The zero-order chi connectivity index (χ0) is 11.4. The fourth-order valence-corrected chi connectivity index (χ4v) is 1.32. The van der Waals surface area contributed by atoms with Crippen molar-refractivity contribution in [3.63, 3.8) is 0 Å². The van der Waals surface area contributed by atoms with Crippen LogP contribution in [0.5, 0.6) is 0 Å². The van der Waals surface area contributed by atoms with E-state index in [0.29, 0.717) is 30.4 Å².